The van der Waals surface area contributed by atoms with E-state index in [0.29, 0.717) is 0 Å². The van der Waals surface area contributed by atoms with Crippen LogP contribution in [0, 0.1) is 11.6 Å². The maximum Gasteiger partial charge on any atom is 0.349 e. The number of anilines is 2. The Bertz CT molecular complexity index is 566. The van der Waals surface area contributed by atoms with Crippen molar-refractivity contribution in [1.82, 2.24) is 4.98 Å². The molecule has 0 aliphatic heterocycles. The van der Waals surface area contributed by atoms with E-state index in [1.54, 1.807) is 0 Å². The molecule has 4 nitrogen and oxygen atoms in total. The summed E-state index contributed by atoms with van der Waals surface area (Å²) in [7, 11) is 1.24. The fraction of sp³-hybridized carbons (Fsp3) is 0.0909. The van der Waals surface area contributed by atoms with Crippen molar-refractivity contribution in [2.45, 2.75) is 0 Å². The molecule has 18 heavy (non-hydrogen) atoms. The largest absolute Gasteiger partial charge is 0.465 e. The maximum absolute atomic E-state index is 13.4. The average Bonchev–Trinajstić information content (AvgIpc) is 2.81. The zero-order valence-corrected chi connectivity index (χ0v) is 10.1. The van der Waals surface area contributed by atoms with Crippen LogP contribution in [0.1, 0.15) is 9.67 Å². The predicted octanol–water partition coefficient (Wildman–Crippen LogP) is 2.95. The van der Waals surface area contributed by atoms with Gasteiger partial charge in [0.05, 0.1) is 13.3 Å². The zero-order valence-electron chi connectivity index (χ0n) is 9.24. The molecule has 1 aromatic heterocycles. The first kappa shape index (κ1) is 12.4. The summed E-state index contributed by atoms with van der Waals surface area (Å²) >= 11 is 0.948. The highest BCUT2D eigenvalue weighted by molar-refractivity contribution is 7.17. The van der Waals surface area contributed by atoms with Crippen LogP contribution in [0.25, 0.3) is 0 Å². The van der Waals surface area contributed by atoms with Gasteiger partial charge in [-0.25, -0.2) is 18.6 Å². The molecule has 1 aromatic carbocycles. The number of methoxy groups -OCH3 is 1. The van der Waals surface area contributed by atoms with Crippen molar-refractivity contribution in [2.75, 3.05) is 12.4 Å². The summed E-state index contributed by atoms with van der Waals surface area (Å²) in [6.45, 7) is 0. The van der Waals surface area contributed by atoms with E-state index in [0.717, 1.165) is 23.5 Å². The Balaban J connectivity index is 2.24. The van der Waals surface area contributed by atoms with Gasteiger partial charge in [-0.15, -0.1) is 0 Å². The lowest BCUT2D eigenvalue weighted by molar-refractivity contribution is 0.0606. The third kappa shape index (κ3) is 2.45. The summed E-state index contributed by atoms with van der Waals surface area (Å²) in [6.07, 6.45) is 1.28. The summed E-state index contributed by atoms with van der Waals surface area (Å²) in [5, 5.41) is 2.70. The van der Waals surface area contributed by atoms with Gasteiger partial charge in [0.15, 0.2) is 5.13 Å². The quantitative estimate of drug-likeness (QED) is 0.871. The molecular weight excluding hydrogens is 262 g/mol. The molecule has 0 bridgehead atoms. The van der Waals surface area contributed by atoms with E-state index in [2.05, 4.69) is 15.0 Å². The lowest BCUT2D eigenvalue weighted by Gasteiger charge is -2.04. The minimum absolute atomic E-state index is 0.208. The lowest BCUT2D eigenvalue weighted by Crippen LogP contribution is -1.97. The predicted molar refractivity (Wildman–Crippen MR) is 63.1 cm³/mol. The van der Waals surface area contributed by atoms with Crippen LogP contribution < -0.4 is 5.32 Å². The van der Waals surface area contributed by atoms with Crippen molar-refractivity contribution in [3.63, 3.8) is 0 Å². The van der Waals surface area contributed by atoms with E-state index in [9.17, 15) is 13.6 Å². The van der Waals surface area contributed by atoms with Crippen LogP contribution in [0.3, 0.4) is 0 Å². The third-order valence-electron chi connectivity index (χ3n) is 2.09. The molecule has 0 aliphatic rings. The molecule has 0 atom stereocenters. The first-order valence-corrected chi connectivity index (χ1v) is 5.68. The van der Waals surface area contributed by atoms with Crippen LogP contribution in [0.4, 0.5) is 19.6 Å². The van der Waals surface area contributed by atoms with Crippen LogP contribution in [0.15, 0.2) is 24.4 Å². The van der Waals surface area contributed by atoms with Gasteiger partial charge >= 0.3 is 5.97 Å². The SMILES string of the molecule is COC(=O)c1cnc(Nc2c(F)cccc2F)s1. The second-order valence-electron chi connectivity index (χ2n) is 3.24. The lowest BCUT2D eigenvalue weighted by atomic mass is 10.3. The Kier molecular flexibility index (Phi) is 3.52. The molecule has 0 radical (unpaired) electrons. The van der Waals surface area contributed by atoms with Crippen molar-refractivity contribution in [3.8, 4) is 0 Å². The average molecular weight is 270 g/mol. The fourth-order valence-corrected chi connectivity index (χ4v) is 1.99. The number of nitrogens with one attached hydrogen (secondary N) is 1. The number of para-hydroxylation sites is 1. The molecule has 0 fully saturated rings. The summed E-state index contributed by atoms with van der Waals surface area (Å²) in [5.41, 5.74) is -0.303. The third-order valence-corrected chi connectivity index (χ3v) is 2.98. The monoisotopic (exact) mass is 270 g/mol. The van der Waals surface area contributed by atoms with Gasteiger partial charge in [-0.1, -0.05) is 17.4 Å². The highest BCUT2D eigenvalue weighted by Gasteiger charge is 2.13. The van der Waals surface area contributed by atoms with E-state index < -0.39 is 17.6 Å². The molecule has 1 N–H and O–H groups in total. The molecule has 2 rings (SSSR count). The van der Waals surface area contributed by atoms with Gasteiger partial charge in [0.1, 0.15) is 22.2 Å². The van der Waals surface area contributed by atoms with E-state index in [-0.39, 0.29) is 15.7 Å². The molecule has 2 aromatic rings. The van der Waals surface area contributed by atoms with Crippen molar-refractivity contribution >= 4 is 28.1 Å². The Morgan fingerprint density at radius 3 is 2.67 bits per heavy atom. The van der Waals surface area contributed by atoms with Gasteiger partial charge in [-0.2, -0.15) is 0 Å². The number of benzene rings is 1. The summed E-state index contributed by atoms with van der Waals surface area (Å²) < 4.78 is 31.2. The number of aromatic nitrogens is 1. The summed E-state index contributed by atoms with van der Waals surface area (Å²) in [6, 6.07) is 3.51. The van der Waals surface area contributed by atoms with Crippen LogP contribution in [0.5, 0.6) is 0 Å². The maximum atomic E-state index is 13.4. The molecule has 0 saturated heterocycles. The standard InChI is InChI=1S/C11H8F2N2O2S/c1-17-10(16)8-5-14-11(18-8)15-9-6(12)3-2-4-7(9)13/h2-5H,1H3,(H,14,15). The molecular formula is C11H8F2N2O2S. The topological polar surface area (TPSA) is 51.2 Å². The highest BCUT2D eigenvalue weighted by Crippen LogP contribution is 2.26. The number of nitrogens with zero attached hydrogens (tertiary/aromatic N) is 1. The molecule has 94 valence electrons. The van der Waals surface area contributed by atoms with Crippen molar-refractivity contribution in [2.24, 2.45) is 0 Å². The number of hydrogen-bond acceptors (Lipinski definition) is 5. The van der Waals surface area contributed by atoms with E-state index in [1.807, 2.05) is 0 Å². The van der Waals surface area contributed by atoms with E-state index in [4.69, 9.17) is 0 Å². The van der Waals surface area contributed by atoms with Crippen LogP contribution in [0.2, 0.25) is 0 Å². The zero-order chi connectivity index (χ0) is 13.1. The molecule has 1 heterocycles. The number of carbonyl (C=O) groups excluding carboxylic acids is 1. The molecule has 0 amide bonds. The van der Waals surface area contributed by atoms with Crippen molar-refractivity contribution in [3.05, 3.63) is 40.9 Å². The molecule has 7 heteroatoms. The molecule has 0 saturated carbocycles. The Labute approximate surface area is 105 Å². The first-order valence-electron chi connectivity index (χ1n) is 4.87. The summed E-state index contributed by atoms with van der Waals surface area (Å²) in [4.78, 5) is 15.3. The Hall–Kier alpha value is -2.02. The minimum atomic E-state index is -0.732. The Morgan fingerprint density at radius 1 is 1.39 bits per heavy atom. The first-order chi connectivity index (χ1) is 8.61. The number of ether oxygens (including phenoxy) is 1. The van der Waals surface area contributed by atoms with Gasteiger partial charge < -0.3 is 10.1 Å². The number of rotatable bonds is 3. The number of halogens is 2. The number of hydrogen-bond donors (Lipinski definition) is 1. The molecule has 0 aliphatic carbocycles. The van der Waals surface area contributed by atoms with E-state index >= 15 is 0 Å². The van der Waals surface area contributed by atoms with Gasteiger partial charge in [0.2, 0.25) is 0 Å². The van der Waals surface area contributed by atoms with Gasteiger partial charge in [0.25, 0.3) is 0 Å². The Morgan fingerprint density at radius 2 is 2.06 bits per heavy atom. The second kappa shape index (κ2) is 5.09. The van der Waals surface area contributed by atoms with Gasteiger partial charge in [-0.3, -0.25) is 0 Å². The minimum Gasteiger partial charge on any atom is -0.465 e. The van der Waals surface area contributed by atoms with Crippen molar-refractivity contribution < 1.29 is 18.3 Å². The van der Waals surface area contributed by atoms with Crippen LogP contribution >= 0.6 is 11.3 Å². The van der Waals surface area contributed by atoms with Crippen LogP contribution in [-0.4, -0.2) is 18.1 Å². The number of thiazole rings is 1. The number of esters is 1. The smallest absolute Gasteiger partial charge is 0.349 e. The molecule has 0 unspecified atom stereocenters. The second-order valence-corrected chi connectivity index (χ2v) is 4.27. The summed E-state index contributed by atoms with van der Waals surface area (Å²) in [5.74, 6) is -2.01. The van der Waals surface area contributed by atoms with Gasteiger partial charge in [-0.05, 0) is 12.1 Å². The van der Waals surface area contributed by atoms with Gasteiger partial charge in [0, 0.05) is 0 Å². The number of carbonyl (C=O) groups is 1. The van der Waals surface area contributed by atoms with E-state index in [1.165, 1.54) is 19.4 Å². The fourth-order valence-electron chi connectivity index (χ4n) is 1.25. The molecule has 0 spiro atoms. The van der Waals surface area contributed by atoms with Crippen LogP contribution in [-0.2, 0) is 4.74 Å². The highest BCUT2D eigenvalue weighted by atomic mass is 32.1. The normalized spacial score (nSPS) is 10.2. The van der Waals surface area contributed by atoms with Crippen molar-refractivity contribution in [1.29, 1.82) is 0 Å².